The van der Waals surface area contributed by atoms with Gasteiger partial charge < -0.3 is 19.7 Å². The fourth-order valence-electron chi connectivity index (χ4n) is 5.55. The summed E-state index contributed by atoms with van der Waals surface area (Å²) in [6.07, 6.45) is 3.90. The lowest BCUT2D eigenvalue weighted by Gasteiger charge is -2.35. The molecule has 0 spiro atoms. The summed E-state index contributed by atoms with van der Waals surface area (Å²) >= 11 is 1.60. The normalized spacial score (nSPS) is 13.5. The molecule has 5 aromatic rings. The number of rotatable bonds is 7. The lowest BCUT2D eigenvalue weighted by atomic mass is 10.0. The number of carbonyl (C=O) groups excluding carboxylic acids is 2. The molecule has 214 valence electrons. The number of aryl methyl sites for hydroxylation is 3. The van der Waals surface area contributed by atoms with E-state index in [1.807, 2.05) is 42.6 Å². The van der Waals surface area contributed by atoms with Crippen LogP contribution in [0.25, 0.3) is 22.2 Å². The Kier molecular flexibility index (Phi) is 7.71. The minimum atomic E-state index is -0.244. The van der Waals surface area contributed by atoms with E-state index in [0.29, 0.717) is 38.5 Å². The van der Waals surface area contributed by atoms with E-state index in [1.54, 1.807) is 17.5 Å². The van der Waals surface area contributed by atoms with Gasteiger partial charge in [-0.2, -0.15) is 0 Å². The van der Waals surface area contributed by atoms with Crippen molar-refractivity contribution in [3.05, 3.63) is 93.8 Å². The summed E-state index contributed by atoms with van der Waals surface area (Å²) in [4.78, 5) is 45.0. The minimum absolute atomic E-state index is 0.0383. The van der Waals surface area contributed by atoms with E-state index in [2.05, 4.69) is 67.0 Å². The first-order valence-electron chi connectivity index (χ1n) is 14.1. The van der Waals surface area contributed by atoms with E-state index in [0.717, 1.165) is 45.4 Å². The van der Waals surface area contributed by atoms with Gasteiger partial charge >= 0.3 is 0 Å². The number of hydrogen-bond acceptors (Lipinski definition) is 7. The van der Waals surface area contributed by atoms with E-state index in [9.17, 15) is 9.59 Å². The van der Waals surface area contributed by atoms with Crippen LogP contribution in [0.1, 0.15) is 37.0 Å². The fourth-order valence-corrected chi connectivity index (χ4v) is 6.33. The third kappa shape index (κ3) is 5.37. The molecule has 1 aliphatic heterocycles. The lowest BCUT2D eigenvalue weighted by molar-refractivity contribution is 0.0748. The second kappa shape index (κ2) is 11.7. The van der Waals surface area contributed by atoms with Crippen LogP contribution in [0.2, 0.25) is 0 Å². The molecule has 42 heavy (non-hydrogen) atoms. The molecular weight excluding hydrogens is 546 g/mol. The number of carbonyl (C=O) groups is 2. The van der Waals surface area contributed by atoms with Crippen molar-refractivity contribution in [2.45, 2.75) is 20.3 Å². The molecule has 3 aromatic heterocycles. The Morgan fingerprint density at radius 2 is 1.74 bits per heavy atom. The molecular formula is C32H33N7O2S. The predicted octanol–water partition coefficient (Wildman–Crippen LogP) is 4.64. The van der Waals surface area contributed by atoms with Gasteiger partial charge in [0.15, 0.2) is 0 Å². The van der Waals surface area contributed by atoms with Crippen molar-refractivity contribution in [3.63, 3.8) is 0 Å². The molecule has 0 bridgehead atoms. The number of nitrogens with zero attached hydrogens (tertiary/aromatic N) is 6. The molecule has 1 N–H and O–H groups in total. The Hall–Kier alpha value is -4.57. The number of fused-ring (bicyclic) bond motifs is 1. The Morgan fingerprint density at radius 1 is 0.952 bits per heavy atom. The molecule has 0 radical (unpaired) electrons. The SMILES string of the molecule is Cc1ccc2c(c1)c(C(=O)N1CCN(c3cnc(C(=O)NCCc4scnc4C)cn3)CC1)c(-c1ccccc1)n2C. The number of amides is 2. The molecule has 10 heteroatoms. The highest BCUT2D eigenvalue weighted by atomic mass is 32.1. The first-order valence-corrected chi connectivity index (χ1v) is 15.0. The van der Waals surface area contributed by atoms with Crippen LogP contribution in [-0.4, -0.2) is 69.0 Å². The number of benzene rings is 2. The van der Waals surface area contributed by atoms with Gasteiger partial charge in [0, 0.05) is 62.0 Å². The van der Waals surface area contributed by atoms with Crippen molar-refractivity contribution in [1.82, 2.24) is 29.7 Å². The molecule has 2 aromatic carbocycles. The minimum Gasteiger partial charge on any atom is -0.352 e. The highest BCUT2D eigenvalue weighted by molar-refractivity contribution is 7.09. The number of aromatic nitrogens is 4. The highest BCUT2D eigenvalue weighted by Crippen LogP contribution is 2.35. The maximum atomic E-state index is 14.1. The standard InChI is InChI=1S/C32H33N7O2S/c1-21-9-10-26-24(17-21)29(30(37(26)3)23-7-5-4-6-8-23)32(41)39-15-13-38(14-16-39)28-19-34-25(18-35-28)31(40)33-12-11-27-22(2)36-20-42-27/h4-10,17-20H,11-16H2,1-3H3,(H,33,40). The molecule has 2 amide bonds. The molecule has 6 rings (SSSR count). The van der Waals surface area contributed by atoms with Gasteiger partial charge in [-0.25, -0.2) is 15.0 Å². The van der Waals surface area contributed by atoms with Gasteiger partial charge in [0.1, 0.15) is 11.5 Å². The van der Waals surface area contributed by atoms with E-state index >= 15 is 0 Å². The summed E-state index contributed by atoms with van der Waals surface area (Å²) in [5.74, 6) is 0.493. The summed E-state index contributed by atoms with van der Waals surface area (Å²) in [7, 11) is 2.03. The Morgan fingerprint density at radius 3 is 2.43 bits per heavy atom. The van der Waals surface area contributed by atoms with Gasteiger partial charge in [0.2, 0.25) is 0 Å². The van der Waals surface area contributed by atoms with Crippen molar-refractivity contribution in [3.8, 4) is 11.3 Å². The topological polar surface area (TPSA) is 96.2 Å². The van der Waals surface area contributed by atoms with Crippen molar-refractivity contribution in [1.29, 1.82) is 0 Å². The highest BCUT2D eigenvalue weighted by Gasteiger charge is 2.29. The van der Waals surface area contributed by atoms with Crippen molar-refractivity contribution < 1.29 is 9.59 Å². The quantitative estimate of drug-likeness (QED) is 0.302. The zero-order valence-corrected chi connectivity index (χ0v) is 24.8. The van der Waals surface area contributed by atoms with Crippen LogP contribution in [0.4, 0.5) is 5.82 Å². The molecule has 0 saturated carbocycles. The smallest absolute Gasteiger partial charge is 0.271 e. The van der Waals surface area contributed by atoms with E-state index in [-0.39, 0.29) is 17.5 Å². The van der Waals surface area contributed by atoms with Gasteiger partial charge in [-0.05, 0) is 31.5 Å². The van der Waals surface area contributed by atoms with E-state index in [4.69, 9.17) is 0 Å². The zero-order valence-electron chi connectivity index (χ0n) is 24.0. The van der Waals surface area contributed by atoms with Crippen LogP contribution in [-0.2, 0) is 13.5 Å². The Bertz CT molecular complexity index is 1740. The first kappa shape index (κ1) is 27.6. The maximum absolute atomic E-state index is 14.1. The average Bonchev–Trinajstić information content (AvgIpc) is 3.56. The van der Waals surface area contributed by atoms with Crippen LogP contribution in [0.5, 0.6) is 0 Å². The lowest BCUT2D eigenvalue weighted by Crippen LogP contribution is -2.49. The molecule has 1 fully saturated rings. The summed E-state index contributed by atoms with van der Waals surface area (Å²) in [6, 6.07) is 16.4. The Balaban J connectivity index is 1.13. The molecule has 4 heterocycles. The van der Waals surface area contributed by atoms with E-state index in [1.165, 1.54) is 11.1 Å². The van der Waals surface area contributed by atoms with Gasteiger partial charge in [-0.3, -0.25) is 9.59 Å². The molecule has 1 aliphatic rings. The number of piperazine rings is 1. The number of anilines is 1. The largest absolute Gasteiger partial charge is 0.352 e. The molecule has 0 unspecified atom stereocenters. The molecule has 1 saturated heterocycles. The number of nitrogens with one attached hydrogen (secondary N) is 1. The summed E-state index contributed by atoms with van der Waals surface area (Å²) in [6.45, 7) is 6.94. The zero-order chi connectivity index (χ0) is 29.2. The molecule has 0 aliphatic carbocycles. The second-order valence-electron chi connectivity index (χ2n) is 10.6. The van der Waals surface area contributed by atoms with Crippen molar-refractivity contribution in [2.24, 2.45) is 7.05 Å². The summed E-state index contributed by atoms with van der Waals surface area (Å²) in [5.41, 5.74) is 7.98. The molecule has 0 atom stereocenters. The third-order valence-electron chi connectivity index (χ3n) is 7.86. The third-order valence-corrected chi connectivity index (χ3v) is 8.86. The Labute approximate surface area is 248 Å². The first-order chi connectivity index (χ1) is 20.4. The second-order valence-corrected chi connectivity index (χ2v) is 11.5. The monoisotopic (exact) mass is 579 g/mol. The van der Waals surface area contributed by atoms with Gasteiger partial charge in [-0.1, -0.05) is 42.0 Å². The van der Waals surface area contributed by atoms with Crippen LogP contribution >= 0.6 is 11.3 Å². The van der Waals surface area contributed by atoms with Crippen LogP contribution < -0.4 is 10.2 Å². The van der Waals surface area contributed by atoms with Crippen molar-refractivity contribution in [2.75, 3.05) is 37.6 Å². The van der Waals surface area contributed by atoms with Crippen LogP contribution in [0.15, 0.2) is 66.4 Å². The van der Waals surface area contributed by atoms with Crippen LogP contribution in [0, 0.1) is 13.8 Å². The van der Waals surface area contributed by atoms with Gasteiger partial charge in [0.25, 0.3) is 11.8 Å². The van der Waals surface area contributed by atoms with E-state index < -0.39 is 0 Å². The van der Waals surface area contributed by atoms with Gasteiger partial charge in [-0.15, -0.1) is 11.3 Å². The predicted molar refractivity (Wildman–Crippen MR) is 166 cm³/mol. The average molecular weight is 580 g/mol. The number of hydrogen-bond donors (Lipinski definition) is 1. The summed E-state index contributed by atoms with van der Waals surface area (Å²) < 4.78 is 2.13. The fraction of sp³-hybridized carbons (Fsp3) is 0.281. The summed E-state index contributed by atoms with van der Waals surface area (Å²) in [5, 5.41) is 3.89. The van der Waals surface area contributed by atoms with Crippen LogP contribution in [0.3, 0.4) is 0 Å². The molecule has 9 nitrogen and oxygen atoms in total. The van der Waals surface area contributed by atoms with Gasteiger partial charge in [0.05, 0.1) is 34.9 Å². The van der Waals surface area contributed by atoms with Crippen molar-refractivity contribution >= 4 is 39.9 Å². The number of thiazole rings is 1. The maximum Gasteiger partial charge on any atom is 0.271 e.